The Bertz CT molecular complexity index is 1980. The van der Waals surface area contributed by atoms with Crippen LogP contribution in [0.25, 0.3) is 0 Å². The average Bonchev–Trinajstić information content (AvgIpc) is 3.23. The molecule has 0 bridgehead atoms. The molecule has 68 heavy (non-hydrogen) atoms. The fraction of sp³-hybridized carbons (Fsp3) is 0.627. The molecule has 7 amide bonds. The first-order valence-electron chi connectivity index (χ1n) is 24.1. The third kappa shape index (κ3) is 18.7. The molecule has 0 unspecified atom stereocenters. The molecule has 2 aliphatic heterocycles. The summed E-state index contributed by atoms with van der Waals surface area (Å²) in [5, 5.41) is 14.2. The summed E-state index contributed by atoms with van der Waals surface area (Å²) in [6.45, 7) is 20.2. The average molecular weight is 948 g/mol. The van der Waals surface area contributed by atoms with Gasteiger partial charge in [-0.05, 0) is 111 Å². The van der Waals surface area contributed by atoms with Crippen LogP contribution in [0.3, 0.4) is 0 Å². The van der Waals surface area contributed by atoms with Crippen molar-refractivity contribution in [2.45, 2.75) is 162 Å². The van der Waals surface area contributed by atoms with Crippen LogP contribution < -0.4 is 26.6 Å². The van der Waals surface area contributed by atoms with Crippen LogP contribution in [0.5, 0.6) is 0 Å². The molecular formula is C51H77N7O10. The lowest BCUT2D eigenvalue weighted by Crippen LogP contribution is -2.63. The van der Waals surface area contributed by atoms with Gasteiger partial charge in [-0.2, -0.15) is 0 Å². The maximum Gasteiger partial charge on any atom is 0.410 e. The Balaban J connectivity index is 1.52. The Morgan fingerprint density at radius 3 is 1.57 bits per heavy atom. The summed E-state index contributed by atoms with van der Waals surface area (Å²) in [5.41, 5.74) is -0.0782. The molecule has 17 heteroatoms. The molecule has 2 aromatic carbocycles. The summed E-state index contributed by atoms with van der Waals surface area (Å²) >= 11 is 0. The third-order valence-corrected chi connectivity index (χ3v) is 11.5. The van der Waals surface area contributed by atoms with Crippen molar-refractivity contribution in [1.82, 2.24) is 36.4 Å². The van der Waals surface area contributed by atoms with Gasteiger partial charge < -0.3 is 50.6 Å². The minimum absolute atomic E-state index is 0.0623. The molecular weight excluding hydrogens is 871 g/mol. The minimum Gasteiger partial charge on any atom is -0.447 e. The van der Waals surface area contributed by atoms with Crippen molar-refractivity contribution in [2.75, 3.05) is 32.7 Å². The second kappa shape index (κ2) is 24.9. The number of amides is 7. The fourth-order valence-electron chi connectivity index (χ4n) is 8.23. The molecule has 4 atom stereocenters. The van der Waals surface area contributed by atoms with E-state index in [1.807, 2.05) is 88.4 Å². The van der Waals surface area contributed by atoms with Gasteiger partial charge in [-0.25, -0.2) is 14.4 Å². The molecule has 2 fully saturated rings. The maximum absolute atomic E-state index is 14.5. The Morgan fingerprint density at radius 1 is 0.603 bits per heavy atom. The van der Waals surface area contributed by atoms with Crippen LogP contribution in [0.1, 0.15) is 119 Å². The van der Waals surface area contributed by atoms with E-state index >= 15 is 0 Å². The lowest BCUT2D eigenvalue weighted by atomic mass is 9.72. The molecule has 2 aliphatic rings. The van der Waals surface area contributed by atoms with Gasteiger partial charge in [0.2, 0.25) is 23.6 Å². The van der Waals surface area contributed by atoms with Crippen LogP contribution in [0.15, 0.2) is 60.7 Å². The minimum atomic E-state index is -1.17. The summed E-state index contributed by atoms with van der Waals surface area (Å²) in [6.07, 6.45) is 1.12. The molecule has 2 aromatic rings. The van der Waals surface area contributed by atoms with Crippen molar-refractivity contribution in [1.29, 1.82) is 0 Å². The highest BCUT2D eigenvalue weighted by Crippen LogP contribution is 2.41. The third-order valence-electron chi connectivity index (χ3n) is 11.5. The van der Waals surface area contributed by atoms with Gasteiger partial charge in [0.05, 0.1) is 6.10 Å². The van der Waals surface area contributed by atoms with E-state index in [0.29, 0.717) is 58.4 Å². The number of hydrogen-bond acceptors (Lipinski definition) is 10. The molecule has 2 heterocycles. The fourth-order valence-corrected chi connectivity index (χ4v) is 8.23. The predicted molar refractivity (Wildman–Crippen MR) is 258 cm³/mol. The molecule has 0 radical (unpaired) electrons. The van der Waals surface area contributed by atoms with Crippen molar-refractivity contribution in [3.05, 3.63) is 71.8 Å². The SMILES string of the molecule is CC(C)C[C@@H](NC(=O)[C@@H](Cc1ccccc1)NC(=O)[C@@H](Cc1ccccc1)NC(=O)OC(C)(C)C)C(=O)N[C@H](CCCCNC(=O)OC(C)(C)C)C(=O)N1CCC2(CC1)CN(C(=O)OC(C)C)C2. The molecule has 0 aliphatic carbocycles. The quantitative estimate of drug-likeness (QED) is 0.0768. The first-order valence-corrected chi connectivity index (χ1v) is 24.1. The zero-order valence-corrected chi connectivity index (χ0v) is 41.9. The van der Waals surface area contributed by atoms with Crippen molar-refractivity contribution < 1.29 is 47.8 Å². The first-order chi connectivity index (χ1) is 31.9. The van der Waals surface area contributed by atoms with Gasteiger partial charge in [-0.3, -0.25) is 19.2 Å². The first kappa shape index (κ1) is 54.7. The number of unbranched alkanes of at least 4 members (excludes halogenated alkanes) is 1. The number of alkyl carbamates (subject to hydrolysis) is 2. The highest BCUT2D eigenvalue weighted by molar-refractivity contribution is 5.95. The van der Waals surface area contributed by atoms with Gasteiger partial charge in [0.15, 0.2) is 0 Å². The Morgan fingerprint density at radius 2 is 1.07 bits per heavy atom. The van der Waals surface area contributed by atoms with E-state index < -0.39 is 65.3 Å². The number of benzene rings is 2. The largest absolute Gasteiger partial charge is 0.447 e. The van der Waals surface area contributed by atoms with Gasteiger partial charge in [0.25, 0.3) is 0 Å². The highest BCUT2D eigenvalue weighted by atomic mass is 16.6. The van der Waals surface area contributed by atoms with Gasteiger partial charge in [-0.1, -0.05) is 74.5 Å². The number of likely N-dealkylation sites (tertiary alicyclic amines) is 2. The van der Waals surface area contributed by atoms with E-state index in [1.165, 1.54) is 0 Å². The van der Waals surface area contributed by atoms with Crippen molar-refractivity contribution in [2.24, 2.45) is 11.3 Å². The smallest absolute Gasteiger partial charge is 0.410 e. The summed E-state index contributed by atoms with van der Waals surface area (Å²) < 4.78 is 16.2. The number of hydrogen-bond donors (Lipinski definition) is 5. The van der Waals surface area contributed by atoms with Crippen LogP contribution in [0.2, 0.25) is 0 Å². The van der Waals surface area contributed by atoms with Crippen molar-refractivity contribution >= 4 is 41.9 Å². The molecule has 4 rings (SSSR count). The van der Waals surface area contributed by atoms with Crippen LogP contribution in [0, 0.1) is 11.3 Å². The highest BCUT2D eigenvalue weighted by Gasteiger charge is 2.48. The van der Waals surface area contributed by atoms with Crippen molar-refractivity contribution in [3.63, 3.8) is 0 Å². The van der Waals surface area contributed by atoms with E-state index in [1.54, 1.807) is 51.3 Å². The number of rotatable bonds is 20. The summed E-state index contributed by atoms with van der Waals surface area (Å²) in [6, 6.07) is 14.0. The number of carbonyl (C=O) groups excluding carboxylic acids is 7. The molecule has 5 N–H and O–H groups in total. The Kier molecular flexibility index (Phi) is 20.1. The predicted octanol–water partition coefficient (Wildman–Crippen LogP) is 6.03. The standard InChI is InChI=1S/C51H77N7O10/c1-34(2)29-39(54-43(60)40(30-36-19-13-11-14-20-36)55-44(61)41(31-37-21-15-12-16-22-37)56-47(64)68-50(8,9)10)42(59)53-38(23-17-18-26-52-46(63)67-49(5,6)7)45(62)57-27-24-51(25-28-57)32-58(33-51)48(65)66-35(3)4/h11-16,19-22,34-35,38-41H,17-18,23-33H2,1-10H3,(H,52,63)(H,53,59)(H,54,60)(H,55,61)(H,56,64)/t38-,39-,40-,41-/m1/s1. The van der Waals surface area contributed by atoms with Gasteiger partial charge >= 0.3 is 18.3 Å². The zero-order chi connectivity index (χ0) is 50.2. The lowest BCUT2D eigenvalue weighted by Gasteiger charge is -2.53. The van der Waals surface area contributed by atoms with E-state index in [4.69, 9.17) is 14.2 Å². The van der Waals surface area contributed by atoms with Crippen LogP contribution in [-0.4, -0.2) is 126 Å². The number of carbonyl (C=O) groups is 7. The Labute approximate surface area is 402 Å². The van der Waals surface area contributed by atoms with Crippen LogP contribution >= 0.6 is 0 Å². The van der Waals surface area contributed by atoms with Crippen molar-refractivity contribution in [3.8, 4) is 0 Å². The molecule has 1 spiro atoms. The number of ether oxygens (including phenoxy) is 3. The molecule has 0 saturated carbocycles. The van der Waals surface area contributed by atoms with E-state index in [2.05, 4.69) is 26.6 Å². The van der Waals surface area contributed by atoms with Crippen LogP contribution in [-0.2, 0) is 46.2 Å². The molecule has 0 aromatic heterocycles. The summed E-state index contributed by atoms with van der Waals surface area (Å²) in [5.74, 6) is -2.12. The number of nitrogens with one attached hydrogen (secondary N) is 5. The second-order valence-electron chi connectivity index (χ2n) is 20.9. The maximum atomic E-state index is 14.5. The number of nitrogens with zero attached hydrogens (tertiary/aromatic N) is 2. The zero-order valence-electron chi connectivity index (χ0n) is 41.9. The molecule has 376 valence electrons. The normalized spacial score (nSPS) is 16.4. The van der Waals surface area contributed by atoms with Gasteiger partial charge in [-0.15, -0.1) is 0 Å². The molecule has 2 saturated heterocycles. The van der Waals surface area contributed by atoms with E-state index in [-0.39, 0.29) is 55.1 Å². The van der Waals surface area contributed by atoms with Gasteiger partial charge in [0, 0.05) is 51.0 Å². The number of piperidine rings is 1. The van der Waals surface area contributed by atoms with E-state index in [0.717, 1.165) is 11.1 Å². The summed E-state index contributed by atoms with van der Waals surface area (Å²) in [7, 11) is 0. The Hall–Kier alpha value is -5.87. The topological polar surface area (TPSA) is 214 Å². The second-order valence-corrected chi connectivity index (χ2v) is 20.9. The summed E-state index contributed by atoms with van der Waals surface area (Å²) in [4.78, 5) is 98.7. The monoisotopic (exact) mass is 948 g/mol. The van der Waals surface area contributed by atoms with Gasteiger partial charge in [0.1, 0.15) is 35.4 Å². The lowest BCUT2D eigenvalue weighted by molar-refractivity contribution is -0.141. The molecule has 17 nitrogen and oxygen atoms in total. The van der Waals surface area contributed by atoms with E-state index in [9.17, 15) is 33.6 Å². The van der Waals surface area contributed by atoms with Crippen LogP contribution in [0.4, 0.5) is 14.4 Å².